The molecule has 0 saturated heterocycles. The fraction of sp³-hybridized carbons (Fsp3) is 0.200. The number of anilines is 2. The summed E-state index contributed by atoms with van der Waals surface area (Å²) in [6.07, 6.45) is -1.23. The average molecular weight is 468 g/mol. The Morgan fingerprint density at radius 3 is 2.62 bits per heavy atom. The van der Waals surface area contributed by atoms with Crippen LogP contribution in [-0.4, -0.2) is 33.1 Å². The van der Waals surface area contributed by atoms with E-state index in [1.54, 1.807) is 6.92 Å². The van der Waals surface area contributed by atoms with E-state index in [0.29, 0.717) is 0 Å². The van der Waals surface area contributed by atoms with Crippen LogP contribution in [0.2, 0.25) is 5.02 Å². The van der Waals surface area contributed by atoms with Gasteiger partial charge in [-0.3, -0.25) is 19.3 Å². The van der Waals surface area contributed by atoms with E-state index in [1.165, 1.54) is 22.0 Å². The Morgan fingerprint density at radius 1 is 1.22 bits per heavy atom. The highest BCUT2D eigenvalue weighted by Gasteiger charge is 2.37. The van der Waals surface area contributed by atoms with Crippen molar-refractivity contribution in [2.24, 2.45) is 0 Å². The predicted molar refractivity (Wildman–Crippen MR) is 107 cm³/mol. The lowest BCUT2D eigenvalue weighted by Gasteiger charge is -2.32. The first-order valence-corrected chi connectivity index (χ1v) is 9.62. The van der Waals surface area contributed by atoms with Gasteiger partial charge in [-0.15, -0.1) is 0 Å². The van der Waals surface area contributed by atoms with Gasteiger partial charge in [0, 0.05) is 18.3 Å². The largest absolute Gasteiger partial charge is 0.417 e. The molecule has 3 heterocycles. The van der Waals surface area contributed by atoms with Gasteiger partial charge in [0.05, 0.1) is 46.5 Å². The molecule has 0 aliphatic carbocycles. The van der Waals surface area contributed by atoms with Crippen LogP contribution in [0, 0.1) is 5.82 Å². The SMILES string of the molecule is C[C@H]1CN(c2ccc(C(F)(F)F)c(Cl)c2)C(=O)c2c(C(=O)Nc3cncc(F)c3)cnn21. The quantitative estimate of drug-likeness (QED) is 0.572. The summed E-state index contributed by atoms with van der Waals surface area (Å²) in [5.41, 5.74) is -0.921. The molecule has 32 heavy (non-hydrogen) atoms. The number of nitrogens with one attached hydrogen (secondary N) is 1. The summed E-state index contributed by atoms with van der Waals surface area (Å²) in [4.78, 5) is 30.8. The van der Waals surface area contributed by atoms with Gasteiger partial charge in [0.1, 0.15) is 11.5 Å². The molecular weight excluding hydrogens is 454 g/mol. The Kier molecular flexibility index (Phi) is 5.37. The van der Waals surface area contributed by atoms with Crippen molar-refractivity contribution >= 4 is 34.8 Å². The van der Waals surface area contributed by atoms with Gasteiger partial charge in [-0.25, -0.2) is 4.39 Å². The van der Waals surface area contributed by atoms with Crippen LogP contribution in [0.25, 0.3) is 0 Å². The Balaban J connectivity index is 1.67. The Bertz CT molecular complexity index is 1230. The van der Waals surface area contributed by atoms with Crippen LogP contribution in [0.3, 0.4) is 0 Å². The molecule has 1 aromatic carbocycles. The Labute approximate surface area is 183 Å². The number of amides is 2. The van der Waals surface area contributed by atoms with Crippen LogP contribution in [0.4, 0.5) is 28.9 Å². The van der Waals surface area contributed by atoms with Gasteiger partial charge in [-0.05, 0) is 25.1 Å². The fourth-order valence-electron chi connectivity index (χ4n) is 3.43. The minimum Gasteiger partial charge on any atom is -0.320 e. The number of carbonyl (C=O) groups is 2. The van der Waals surface area contributed by atoms with Crippen LogP contribution >= 0.6 is 11.6 Å². The molecule has 0 bridgehead atoms. The number of aromatic nitrogens is 3. The molecule has 3 aromatic rings. The number of halogens is 5. The van der Waals surface area contributed by atoms with E-state index in [0.717, 1.165) is 30.5 Å². The summed E-state index contributed by atoms with van der Waals surface area (Å²) < 4.78 is 53.8. The van der Waals surface area contributed by atoms with Crippen molar-refractivity contribution in [3.63, 3.8) is 0 Å². The van der Waals surface area contributed by atoms with Crippen LogP contribution < -0.4 is 10.2 Å². The zero-order chi connectivity index (χ0) is 23.2. The van der Waals surface area contributed by atoms with Crippen molar-refractivity contribution in [3.8, 4) is 0 Å². The molecular formula is C20H14ClF4N5O2. The van der Waals surface area contributed by atoms with Crippen LogP contribution in [0.1, 0.15) is 39.4 Å². The summed E-state index contributed by atoms with van der Waals surface area (Å²) >= 11 is 5.81. The molecule has 0 fully saturated rings. The Morgan fingerprint density at radius 2 is 1.97 bits per heavy atom. The van der Waals surface area contributed by atoms with Gasteiger partial charge < -0.3 is 10.2 Å². The zero-order valence-corrected chi connectivity index (χ0v) is 17.1. The first kappa shape index (κ1) is 21.8. The van der Waals surface area contributed by atoms with E-state index in [4.69, 9.17) is 11.6 Å². The summed E-state index contributed by atoms with van der Waals surface area (Å²) in [5, 5.41) is 6.00. The number of alkyl halides is 3. The van der Waals surface area contributed by atoms with E-state index in [9.17, 15) is 27.2 Å². The van der Waals surface area contributed by atoms with Gasteiger partial charge in [0.2, 0.25) is 0 Å². The summed E-state index contributed by atoms with van der Waals surface area (Å²) in [5.74, 6) is -2.01. The van der Waals surface area contributed by atoms with E-state index in [2.05, 4.69) is 15.4 Å². The number of pyridine rings is 1. The molecule has 1 atom stereocenters. The number of nitrogens with zero attached hydrogens (tertiary/aromatic N) is 4. The van der Waals surface area contributed by atoms with E-state index in [-0.39, 0.29) is 35.2 Å². The molecule has 4 rings (SSSR count). The van der Waals surface area contributed by atoms with E-state index in [1.807, 2.05) is 0 Å². The standard InChI is InChI=1S/C20H14ClF4N5O2/c1-10-9-29(13-2-3-15(16(21)5-13)20(23,24)25)19(32)17-14(8-27-30(10)17)18(31)28-12-4-11(22)6-26-7-12/h2-8,10H,9H2,1H3,(H,28,31)/t10-/m0/s1. The van der Waals surface area contributed by atoms with Gasteiger partial charge in [0.25, 0.3) is 11.8 Å². The molecule has 2 aromatic heterocycles. The van der Waals surface area contributed by atoms with Crippen molar-refractivity contribution in [1.29, 1.82) is 0 Å². The first-order valence-electron chi connectivity index (χ1n) is 9.24. The molecule has 1 aliphatic heterocycles. The lowest BCUT2D eigenvalue weighted by Crippen LogP contribution is -2.43. The average Bonchev–Trinajstić information content (AvgIpc) is 3.16. The molecule has 0 saturated carbocycles. The number of hydrogen-bond donors (Lipinski definition) is 1. The Hall–Kier alpha value is -3.47. The lowest BCUT2D eigenvalue weighted by atomic mass is 10.1. The van der Waals surface area contributed by atoms with Crippen LogP contribution in [-0.2, 0) is 6.18 Å². The van der Waals surface area contributed by atoms with Crippen LogP contribution in [0.15, 0.2) is 42.9 Å². The molecule has 12 heteroatoms. The molecule has 1 N–H and O–H groups in total. The molecule has 0 spiro atoms. The van der Waals surface area contributed by atoms with Crippen molar-refractivity contribution < 1.29 is 27.2 Å². The maximum Gasteiger partial charge on any atom is 0.417 e. The number of fused-ring (bicyclic) bond motifs is 1. The molecule has 7 nitrogen and oxygen atoms in total. The molecule has 0 radical (unpaired) electrons. The maximum absolute atomic E-state index is 13.3. The third kappa shape index (κ3) is 3.91. The second kappa shape index (κ2) is 7.90. The monoisotopic (exact) mass is 467 g/mol. The highest BCUT2D eigenvalue weighted by atomic mass is 35.5. The highest BCUT2D eigenvalue weighted by molar-refractivity contribution is 6.32. The summed E-state index contributed by atoms with van der Waals surface area (Å²) in [6.45, 7) is 1.84. The first-order chi connectivity index (χ1) is 15.1. The van der Waals surface area contributed by atoms with Crippen molar-refractivity contribution in [2.45, 2.75) is 19.1 Å². The van der Waals surface area contributed by atoms with Gasteiger partial charge in [-0.1, -0.05) is 11.6 Å². The smallest absolute Gasteiger partial charge is 0.320 e. The zero-order valence-electron chi connectivity index (χ0n) is 16.3. The van der Waals surface area contributed by atoms with Gasteiger partial charge >= 0.3 is 6.18 Å². The minimum atomic E-state index is -4.63. The second-order valence-corrected chi connectivity index (χ2v) is 7.53. The number of rotatable bonds is 3. The molecule has 2 amide bonds. The third-order valence-electron chi connectivity index (χ3n) is 4.88. The predicted octanol–water partition coefficient (Wildman–Crippen LogP) is 4.56. The highest BCUT2D eigenvalue weighted by Crippen LogP contribution is 2.37. The minimum absolute atomic E-state index is 0.0540. The normalized spacial score (nSPS) is 16.1. The lowest BCUT2D eigenvalue weighted by molar-refractivity contribution is -0.137. The van der Waals surface area contributed by atoms with E-state index < -0.39 is 34.4 Å². The van der Waals surface area contributed by atoms with Crippen molar-refractivity contribution in [3.05, 3.63) is 70.5 Å². The molecule has 0 unspecified atom stereocenters. The van der Waals surface area contributed by atoms with Gasteiger partial charge in [0.15, 0.2) is 0 Å². The molecule has 1 aliphatic rings. The number of carbonyl (C=O) groups excluding carboxylic acids is 2. The second-order valence-electron chi connectivity index (χ2n) is 7.12. The van der Waals surface area contributed by atoms with Crippen molar-refractivity contribution in [2.75, 3.05) is 16.8 Å². The number of benzene rings is 1. The summed E-state index contributed by atoms with van der Waals surface area (Å²) in [6, 6.07) is 3.66. The van der Waals surface area contributed by atoms with E-state index >= 15 is 0 Å². The maximum atomic E-state index is 13.3. The molecule has 166 valence electrons. The van der Waals surface area contributed by atoms with Crippen LogP contribution in [0.5, 0.6) is 0 Å². The summed E-state index contributed by atoms with van der Waals surface area (Å²) in [7, 11) is 0. The topological polar surface area (TPSA) is 80.1 Å². The fourth-order valence-corrected chi connectivity index (χ4v) is 3.71. The number of hydrogen-bond acceptors (Lipinski definition) is 4. The third-order valence-corrected chi connectivity index (χ3v) is 5.20. The van der Waals surface area contributed by atoms with Crippen molar-refractivity contribution in [1.82, 2.24) is 14.8 Å². The van der Waals surface area contributed by atoms with Gasteiger partial charge in [-0.2, -0.15) is 18.3 Å².